The summed E-state index contributed by atoms with van der Waals surface area (Å²) in [6, 6.07) is 4.66. The van der Waals surface area contributed by atoms with E-state index in [1.807, 2.05) is 11.0 Å². The summed E-state index contributed by atoms with van der Waals surface area (Å²) in [5.41, 5.74) is 2.82. The van der Waals surface area contributed by atoms with E-state index in [2.05, 4.69) is 15.3 Å². The number of nitrogens with one attached hydrogen (secondary N) is 1. The third kappa shape index (κ3) is 3.70. The monoisotopic (exact) mass is 546 g/mol. The normalized spacial score (nSPS) is 19.3. The van der Waals surface area contributed by atoms with Crippen LogP contribution in [0.2, 0.25) is 0 Å². The number of benzene rings is 2. The van der Waals surface area contributed by atoms with Crippen LogP contribution in [-0.4, -0.2) is 42.3 Å². The van der Waals surface area contributed by atoms with Crippen molar-refractivity contribution in [2.45, 2.75) is 31.1 Å². The standard InChI is InChI=1S/C25H19F5N6OS/c1-37-24-34-20-13(23(35-24)36-8-10-2-3-11(9-36)33-10)6-15(25(28,29)30)18(19(20)27)12-4-5-16(26)21-17(12)14(7-31)22(32)38-21/h4-6,10-11,33H,2-3,8-9,32H2,1H3. The molecule has 0 saturated carbocycles. The van der Waals surface area contributed by atoms with Gasteiger partial charge in [-0.25, -0.2) is 8.78 Å². The fourth-order valence-corrected chi connectivity index (χ4v) is 6.44. The number of anilines is 2. The average Bonchev–Trinajstić information content (AvgIpc) is 3.41. The maximum Gasteiger partial charge on any atom is 0.417 e. The summed E-state index contributed by atoms with van der Waals surface area (Å²) >= 11 is 0.714. The van der Waals surface area contributed by atoms with Crippen molar-refractivity contribution in [3.8, 4) is 23.2 Å². The van der Waals surface area contributed by atoms with Crippen LogP contribution in [0.15, 0.2) is 18.2 Å². The molecule has 0 radical (unpaired) electrons. The number of nitriles is 1. The van der Waals surface area contributed by atoms with Gasteiger partial charge in [-0.2, -0.15) is 28.4 Å². The van der Waals surface area contributed by atoms with Gasteiger partial charge in [0.2, 0.25) is 0 Å². The highest BCUT2D eigenvalue weighted by Gasteiger charge is 2.39. The third-order valence-corrected chi connectivity index (χ3v) is 8.12. The topological polar surface area (TPSA) is 100 Å². The number of methoxy groups -OCH3 is 1. The first kappa shape index (κ1) is 24.6. The van der Waals surface area contributed by atoms with E-state index in [1.165, 1.54) is 7.11 Å². The van der Waals surface area contributed by atoms with E-state index in [4.69, 9.17) is 10.5 Å². The van der Waals surface area contributed by atoms with Crippen molar-refractivity contribution in [3.05, 3.63) is 41.0 Å². The molecule has 196 valence electrons. The maximum atomic E-state index is 16.4. The van der Waals surface area contributed by atoms with Gasteiger partial charge in [0.15, 0.2) is 5.82 Å². The van der Waals surface area contributed by atoms with Crippen molar-refractivity contribution in [2.75, 3.05) is 30.8 Å². The number of rotatable bonds is 3. The lowest BCUT2D eigenvalue weighted by Crippen LogP contribution is -2.51. The van der Waals surface area contributed by atoms with Crippen LogP contribution in [0.3, 0.4) is 0 Å². The van der Waals surface area contributed by atoms with Gasteiger partial charge in [0, 0.05) is 41.5 Å². The van der Waals surface area contributed by atoms with Gasteiger partial charge in [0.25, 0.3) is 0 Å². The van der Waals surface area contributed by atoms with Crippen LogP contribution in [0, 0.1) is 23.0 Å². The molecule has 4 heterocycles. The average molecular weight is 547 g/mol. The second-order valence-electron chi connectivity index (χ2n) is 9.34. The summed E-state index contributed by atoms with van der Waals surface area (Å²) in [6.45, 7) is 0.962. The molecule has 0 amide bonds. The molecule has 6 rings (SSSR count). The number of aromatic nitrogens is 2. The fourth-order valence-electron chi connectivity index (χ4n) is 5.49. The molecule has 2 atom stereocenters. The number of alkyl halides is 3. The van der Waals surface area contributed by atoms with Gasteiger partial charge in [0.1, 0.15) is 28.2 Å². The second kappa shape index (κ2) is 8.64. The van der Waals surface area contributed by atoms with Gasteiger partial charge in [-0.3, -0.25) is 0 Å². The lowest BCUT2D eigenvalue weighted by Gasteiger charge is -2.34. The fraction of sp³-hybridized carbons (Fsp3) is 0.320. The number of fused-ring (bicyclic) bond motifs is 4. The molecule has 2 bridgehead atoms. The lowest BCUT2D eigenvalue weighted by molar-refractivity contribution is -0.137. The quantitative estimate of drug-likeness (QED) is 0.340. The zero-order valence-corrected chi connectivity index (χ0v) is 20.6. The summed E-state index contributed by atoms with van der Waals surface area (Å²) in [4.78, 5) is 10.2. The summed E-state index contributed by atoms with van der Waals surface area (Å²) in [5, 5.41) is 12.7. The number of nitrogens with two attached hydrogens (primary N) is 1. The van der Waals surface area contributed by atoms with Gasteiger partial charge >= 0.3 is 12.2 Å². The second-order valence-corrected chi connectivity index (χ2v) is 10.4. The first-order chi connectivity index (χ1) is 18.1. The number of nitrogens with zero attached hydrogens (tertiary/aromatic N) is 4. The highest BCUT2D eigenvalue weighted by molar-refractivity contribution is 7.23. The molecule has 2 unspecified atom stereocenters. The first-order valence-electron chi connectivity index (χ1n) is 11.7. The SMILES string of the molecule is COc1nc(N2CC3CCC(C2)N3)c2cc(C(F)(F)F)c(-c3ccc(F)c4sc(N)c(C#N)c34)c(F)c2n1. The molecule has 2 fully saturated rings. The molecule has 4 aromatic rings. The van der Waals surface area contributed by atoms with E-state index in [1.54, 1.807) is 0 Å². The van der Waals surface area contributed by atoms with E-state index in [-0.39, 0.29) is 61.0 Å². The highest BCUT2D eigenvalue weighted by Crippen LogP contribution is 2.48. The number of halogens is 5. The molecule has 0 aliphatic carbocycles. The predicted molar refractivity (Wildman–Crippen MR) is 133 cm³/mol. The summed E-state index contributed by atoms with van der Waals surface area (Å²) < 4.78 is 79.7. The molecule has 7 nitrogen and oxygen atoms in total. The van der Waals surface area contributed by atoms with Gasteiger partial charge in [0.05, 0.1) is 22.9 Å². The predicted octanol–water partition coefficient (Wildman–Crippen LogP) is 5.21. The Bertz CT molecular complexity index is 1650. The number of thiophene rings is 1. The van der Waals surface area contributed by atoms with Crippen molar-refractivity contribution in [1.82, 2.24) is 15.3 Å². The van der Waals surface area contributed by atoms with E-state index < -0.39 is 28.9 Å². The zero-order valence-electron chi connectivity index (χ0n) is 19.8. The minimum absolute atomic E-state index is 0.0803. The number of ether oxygens (including phenoxy) is 1. The maximum absolute atomic E-state index is 16.4. The van der Waals surface area contributed by atoms with Crippen LogP contribution in [0.5, 0.6) is 6.01 Å². The summed E-state index contributed by atoms with van der Waals surface area (Å²) in [5.74, 6) is -1.92. The van der Waals surface area contributed by atoms with Gasteiger partial charge < -0.3 is 20.7 Å². The lowest BCUT2D eigenvalue weighted by atomic mass is 9.92. The number of hydrogen-bond donors (Lipinski definition) is 2. The van der Waals surface area contributed by atoms with Crippen LogP contribution in [0.4, 0.5) is 32.8 Å². The van der Waals surface area contributed by atoms with Crippen molar-refractivity contribution in [2.24, 2.45) is 0 Å². The van der Waals surface area contributed by atoms with E-state index in [9.17, 15) is 22.8 Å². The number of nitrogen functional groups attached to an aromatic ring is 1. The number of piperazine rings is 1. The molecule has 2 aromatic carbocycles. The van der Waals surface area contributed by atoms with Crippen molar-refractivity contribution < 1.29 is 26.7 Å². The molecule has 2 aliphatic rings. The van der Waals surface area contributed by atoms with Crippen LogP contribution < -0.4 is 20.7 Å². The largest absolute Gasteiger partial charge is 0.467 e. The van der Waals surface area contributed by atoms with Crippen LogP contribution >= 0.6 is 11.3 Å². The molecule has 38 heavy (non-hydrogen) atoms. The van der Waals surface area contributed by atoms with Crippen LogP contribution in [-0.2, 0) is 6.18 Å². The highest BCUT2D eigenvalue weighted by atomic mass is 32.1. The van der Waals surface area contributed by atoms with Crippen molar-refractivity contribution >= 4 is 43.1 Å². The van der Waals surface area contributed by atoms with E-state index >= 15 is 4.39 Å². The van der Waals surface area contributed by atoms with Gasteiger partial charge in [-0.05, 0) is 30.5 Å². The molecular formula is C25H19F5N6OS. The van der Waals surface area contributed by atoms with Crippen LogP contribution in [0.1, 0.15) is 24.0 Å². The molecule has 13 heteroatoms. The van der Waals surface area contributed by atoms with E-state index in [0.29, 0.717) is 24.4 Å². The van der Waals surface area contributed by atoms with Crippen LogP contribution in [0.25, 0.3) is 32.1 Å². The minimum Gasteiger partial charge on any atom is -0.467 e. The van der Waals surface area contributed by atoms with Gasteiger partial charge in [-0.1, -0.05) is 6.07 Å². The molecule has 3 N–H and O–H groups in total. The zero-order chi connectivity index (χ0) is 26.9. The summed E-state index contributed by atoms with van der Waals surface area (Å²) in [6.07, 6.45) is -3.17. The molecular weight excluding hydrogens is 527 g/mol. The third-order valence-electron chi connectivity index (χ3n) is 7.09. The Morgan fingerprint density at radius 1 is 1.18 bits per heavy atom. The Kier molecular flexibility index (Phi) is 5.59. The smallest absolute Gasteiger partial charge is 0.417 e. The Labute approximate surface area is 216 Å². The molecule has 2 aliphatic heterocycles. The summed E-state index contributed by atoms with van der Waals surface area (Å²) in [7, 11) is 1.28. The van der Waals surface area contributed by atoms with Crippen molar-refractivity contribution in [1.29, 1.82) is 5.26 Å². The number of hydrogen-bond acceptors (Lipinski definition) is 8. The van der Waals surface area contributed by atoms with Gasteiger partial charge in [-0.15, -0.1) is 11.3 Å². The Hall–Kier alpha value is -3.76. The minimum atomic E-state index is -5.00. The Morgan fingerprint density at radius 3 is 2.53 bits per heavy atom. The molecule has 2 aromatic heterocycles. The molecule has 0 spiro atoms. The first-order valence-corrected chi connectivity index (χ1v) is 12.5. The van der Waals surface area contributed by atoms with Crippen molar-refractivity contribution in [3.63, 3.8) is 0 Å². The Morgan fingerprint density at radius 2 is 1.89 bits per heavy atom. The molecule has 2 saturated heterocycles. The van der Waals surface area contributed by atoms with E-state index in [0.717, 1.165) is 31.0 Å². The Balaban J connectivity index is 1.69.